The molecule has 0 N–H and O–H groups in total. The number of fused-ring (bicyclic) bond motifs is 2. The Bertz CT molecular complexity index is 1330. The topological polar surface area (TPSA) is 81.5 Å². The van der Waals surface area contributed by atoms with Crippen LogP contribution in [0.2, 0.25) is 0 Å². The van der Waals surface area contributed by atoms with Crippen LogP contribution in [0.15, 0.2) is 33.5 Å². The average Bonchev–Trinajstić information content (AvgIpc) is 3.16. The molecular weight excluding hydrogens is 460 g/mol. The number of rotatable bonds is 9. The highest BCUT2D eigenvalue weighted by molar-refractivity contribution is 5.99. The molecule has 4 rings (SSSR count). The maximum Gasteiger partial charge on any atom is 0.290 e. The van der Waals surface area contributed by atoms with Crippen molar-refractivity contribution in [2.75, 3.05) is 47.5 Å². The molecule has 0 spiro atoms. The van der Waals surface area contributed by atoms with Crippen LogP contribution in [0.1, 0.15) is 52.7 Å². The van der Waals surface area contributed by atoms with E-state index in [0.717, 1.165) is 24.2 Å². The number of carbonyl (C=O) groups excluding carboxylic acids is 1. The van der Waals surface area contributed by atoms with Crippen LogP contribution in [-0.4, -0.2) is 63.2 Å². The number of benzene rings is 2. The third-order valence-electron chi connectivity index (χ3n) is 7.14. The van der Waals surface area contributed by atoms with E-state index >= 15 is 0 Å². The minimum absolute atomic E-state index is 0.0917. The summed E-state index contributed by atoms with van der Waals surface area (Å²) in [6.45, 7) is 10.9. The highest BCUT2D eigenvalue weighted by Gasteiger charge is 2.43. The maximum atomic E-state index is 13.9. The van der Waals surface area contributed by atoms with Crippen LogP contribution < -0.4 is 19.6 Å². The standard InChI is InChI=1S/C28H34N2O6/c1-8-29(9-2)10-11-30-24(18-14-21(33-5)26(35-7)22(15-18)34-6)23-25(31)19-12-16(3)17(4)13-20(19)36-27(23)28(30)32/h12-15,24H,8-11H2,1-7H3. The van der Waals surface area contributed by atoms with Crippen molar-refractivity contribution in [3.63, 3.8) is 0 Å². The van der Waals surface area contributed by atoms with Gasteiger partial charge in [0.15, 0.2) is 16.9 Å². The van der Waals surface area contributed by atoms with E-state index in [2.05, 4.69) is 18.7 Å². The summed E-state index contributed by atoms with van der Waals surface area (Å²) in [5.74, 6) is 1.14. The molecule has 1 aliphatic rings. The summed E-state index contributed by atoms with van der Waals surface area (Å²) in [5, 5.41) is 0.465. The monoisotopic (exact) mass is 494 g/mol. The zero-order valence-electron chi connectivity index (χ0n) is 22.1. The minimum Gasteiger partial charge on any atom is -0.493 e. The first kappa shape index (κ1) is 25.6. The summed E-state index contributed by atoms with van der Waals surface area (Å²) in [6, 6.07) is 6.60. The lowest BCUT2D eigenvalue weighted by Crippen LogP contribution is -2.37. The second-order valence-electron chi connectivity index (χ2n) is 8.99. The van der Waals surface area contributed by atoms with Crippen LogP contribution in [0, 0.1) is 13.8 Å². The summed E-state index contributed by atoms with van der Waals surface area (Å²) in [4.78, 5) is 31.6. The van der Waals surface area contributed by atoms with E-state index in [4.69, 9.17) is 18.6 Å². The van der Waals surface area contributed by atoms with Gasteiger partial charge in [0.25, 0.3) is 5.91 Å². The molecule has 3 aromatic rings. The van der Waals surface area contributed by atoms with Crippen LogP contribution >= 0.6 is 0 Å². The van der Waals surface area contributed by atoms with Crippen molar-refractivity contribution in [2.24, 2.45) is 0 Å². The molecule has 1 aromatic heterocycles. The predicted molar refractivity (Wildman–Crippen MR) is 139 cm³/mol. The molecule has 2 aromatic carbocycles. The van der Waals surface area contributed by atoms with Crippen LogP contribution in [0.3, 0.4) is 0 Å². The lowest BCUT2D eigenvalue weighted by molar-refractivity contribution is 0.0707. The molecule has 0 saturated carbocycles. The number of hydrogen-bond donors (Lipinski definition) is 0. The van der Waals surface area contributed by atoms with Crippen molar-refractivity contribution in [1.29, 1.82) is 0 Å². The summed E-state index contributed by atoms with van der Waals surface area (Å²) in [7, 11) is 4.62. The number of aryl methyl sites for hydroxylation is 2. The largest absolute Gasteiger partial charge is 0.493 e. The summed E-state index contributed by atoms with van der Waals surface area (Å²) < 4.78 is 22.8. The van der Waals surface area contributed by atoms with Gasteiger partial charge in [-0.1, -0.05) is 13.8 Å². The van der Waals surface area contributed by atoms with Crippen LogP contribution in [-0.2, 0) is 0 Å². The Kier molecular flexibility index (Phi) is 7.26. The van der Waals surface area contributed by atoms with Crippen molar-refractivity contribution in [2.45, 2.75) is 33.7 Å². The number of hydrogen-bond acceptors (Lipinski definition) is 7. The first-order valence-corrected chi connectivity index (χ1v) is 12.2. The lowest BCUT2D eigenvalue weighted by atomic mass is 9.96. The Morgan fingerprint density at radius 1 is 0.917 bits per heavy atom. The Balaban J connectivity index is 1.96. The molecule has 1 aliphatic heterocycles. The van der Waals surface area contributed by atoms with Crippen molar-refractivity contribution < 1.29 is 23.4 Å². The van der Waals surface area contributed by atoms with Gasteiger partial charge in [-0.25, -0.2) is 0 Å². The van der Waals surface area contributed by atoms with Crippen LogP contribution in [0.4, 0.5) is 0 Å². The van der Waals surface area contributed by atoms with Crippen molar-refractivity contribution in [1.82, 2.24) is 9.80 Å². The SMILES string of the molecule is CCN(CC)CCN1C(=O)c2oc3cc(C)c(C)cc3c(=O)c2C1c1cc(OC)c(OC)c(OC)c1. The van der Waals surface area contributed by atoms with Gasteiger partial charge in [-0.15, -0.1) is 0 Å². The molecule has 8 heteroatoms. The maximum absolute atomic E-state index is 13.9. The zero-order valence-corrected chi connectivity index (χ0v) is 22.1. The molecule has 8 nitrogen and oxygen atoms in total. The molecule has 0 fully saturated rings. The van der Waals surface area contributed by atoms with Gasteiger partial charge >= 0.3 is 0 Å². The van der Waals surface area contributed by atoms with Crippen LogP contribution in [0.25, 0.3) is 11.0 Å². The number of likely N-dealkylation sites (N-methyl/N-ethyl adjacent to an activating group) is 1. The fourth-order valence-electron chi connectivity index (χ4n) is 4.90. The zero-order chi connectivity index (χ0) is 26.1. The van der Waals surface area contributed by atoms with E-state index in [-0.39, 0.29) is 17.1 Å². The third-order valence-corrected chi connectivity index (χ3v) is 7.14. The van der Waals surface area contributed by atoms with Gasteiger partial charge in [0.1, 0.15) is 5.58 Å². The molecule has 0 aliphatic carbocycles. The fraction of sp³-hybridized carbons (Fsp3) is 0.429. The van der Waals surface area contributed by atoms with Gasteiger partial charge in [-0.05, 0) is 67.9 Å². The summed E-state index contributed by atoms with van der Waals surface area (Å²) >= 11 is 0. The van der Waals surface area contributed by atoms with E-state index in [1.165, 1.54) is 7.11 Å². The van der Waals surface area contributed by atoms with E-state index in [1.54, 1.807) is 31.3 Å². The van der Waals surface area contributed by atoms with Crippen molar-refractivity contribution in [3.05, 3.63) is 62.5 Å². The lowest BCUT2D eigenvalue weighted by Gasteiger charge is -2.28. The minimum atomic E-state index is -0.654. The Morgan fingerprint density at radius 3 is 2.08 bits per heavy atom. The third kappa shape index (κ3) is 4.19. The normalized spacial score (nSPS) is 15.1. The fourth-order valence-corrected chi connectivity index (χ4v) is 4.90. The first-order valence-electron chi connectivity index (χ1n) is 12.2. The van der Waals surface area contributed by atoms with Gasteiger partial charge in [0.2, 0.25) is 11.5 Å². The van der Waals surface area contributed by atoms with Gasteiger partial charge in [0, 0.05) is 13.1 Å². The number of nitrogens with zero attached hydrogens (tertiary/aromatic N) is 2. The molecule has 0 saturated heterocycles. The number of amides is 1. The van der Waals surface area contributed by atoms with Gasteiger partial charge in [0.05, 0.1) is 38.3 Å². The predicted octanol–water partition coefficient (Wildman–Crippen LogP) is 4.32. The highest BCUT2D eigenvalue weighted by Crippen LogP contribution is 2.45. The molecule has 0 bridgehead atoms. The first-order chi connectivity index (χ1) is 17.3. The quantitative estimate of drug-likeness (QED) is 0.438. The Hall–Kier alpha value is -3.52. The van der Waals surface area contributed by atoms with Crippen molar-refractivity contribution >= 4 is 16.9 Å². The van der Waals surface area contributed by atoms with Gasteiger partial charge in [-0.2, -0.15) is 0 Å². The average molecular weight is 495 g/mol. The summed E-state index contributed by atoms with van der Waals surface area (Å²) in [5.41, 5.74) is 3.23. The van der Waals surface area contributed by atoms with E-state index in [1.807, 2.05) is 26.0 Å². The van der Waals surface area contributed by atoms with E-state index in [9.17, 15) is 9.59 Å². The molecular formula is C28H34N2O6. The smallest absolute Gasteiger partial charge is 0.290 e. The summed E-state index contributed by atoms with van der Waals surface area (Å²) in [6.07, 6.45) is 0. The molecule has 1 unspecified atom stereocenters. The second kappa shape index (κ2) is 10.2. The van der Waals surface area contributed by atoms with Crippen molar-refractivity contribution in [3.8, 4) is 17.2 Å². The van der Waals surface area contributed by atoms with Crippen LogP contribution in [0.5, 0.6) is 17.2 Å². The molecule has 192 valence electrons. The number of methoxy groups -OCH3 is 3. The second-order valence-corrected chi connectivity index (χ2v) is 8.99. The molecule has 2 heterocycles. The molecule has 1 atom stereocenters. The number of carbonyl (C=O) groups is 1. The Morgan fingerprint density at radius 2 is 1.53 bits per heavy atom. The molecule has 0 radical (unpaired) electrons. The Labute approximate surface area is 211 Å². The number of ether oxygens (including phenoxy) is 3. The molecule has 36 heavy (non-hydrogen) atoms. The van der Waals surface area contributed by atoms with E-state index < -0.39 is 6.04 Å². The van der Waals surface area contributed by atoms with Gasteiger partial charge < -0.3 is 28.4 Å². The van der Waals surface area contributed by atoms with Gasteiger partial charge in [-0.3, -0.25) is 9.59 Å². The highest BCUT2D eigenvalue weighted by atomic mass is 16.5. The molecule has 1 amide bonds. The van der Waals surface area contributed by atoms with E-state index in [0.29, 0.717) is 52.4 Å².